The van der Waals surface area contributed by atoms with Gasteiger partial charge in [-0.25, -0.2) is 0 Å². The van der Waals surface area contributed by atoms with E-state index in [1.54, 1.807) is 13.4 Å². The smallest absolute Gasteiger partial charge is 0.214 e. The first-order valence-corrected chi connectivity index (χ1v) is 5.32. The third kappa shape index (κ3) is 5.05. The van der Waals surface area contributed by atoms with Gasteiger partial charge in [-0.1, -0.05) is 12.2 Å². The third-order valence-corrected chi connectivity index (χ3v) is 2.21. The highest BCUT2D eigenvalue weighted by Gasteiger charge is 1.95. The van der Waals surface area contributed by atoms with E-state index >= 15 is 0 Å². The number of allylic oxidation sites excluding steroid dienone is 4. The fraction of sp³-hybridized carbons (Fsp3) is 0.400. The monoisotopic (exact) mass is 214 g/mol. The van der Waals surface area contributed by atoms with Crippen molar-refractivity contribution in [1.29, 1.82) is 0 Å². The Morgan fingerprint density at radius 1 is 1.43 bits per heavy atom. The summed E-state index contributed by atoms with van der Waals surface area (Å²) in [6, 6.07) is 0. The Kier molecular flexibility index (Phi) is 6.13. The van der Waals surface area contributed by atoms with Crippen LogP contribution in [0.4, 0.5) is 0 Å². The highest BCUT2D eigenvalue weighted by Crippen LogP contribution is 2.16. The normalized spacial score (nSPS) is 20.5. The summed E-state index contributed by atoms with van der Waals surface area (Å²) in [5.74, 6) is 1.09. The average Bonchev–Trinajstić information content (AvgIpc) is 2.33. The minimum Gasteiger partial charge on any atom is -0.501 e. The maximum atomic E-state index is 5.00. The molecule has 2 rings (SSSR count). The number of ether oxygens (including phenoxy) is 1. The zero-order valence-electron chi connectivity index (χ0n) is 8.23. The summed E-state index contributed by atoms with van der Waals surface area (Å²) < 4.78 is 14.5. The van der Waals surface area contributed by atoms with E-state index in [4.69, 9.17) is 13.8 Å². The van der Waals surface area contributed by atoms with Crippen molar-refractivity contribution in [2.24, 2.45) is 0 Å². The van der Waals surface area contributed by atoms with Gasteiger partial charge < -0.3 is 13.8 Å². The van der Waals surface area contributed by atoms with Gasteiger partial charge in [0.25, 0.3) is 0 Å². The fourth-order valence-electron chi connectivity index (χ4n) is 0.982. The molecule has 0 saturated carbocycles. The van der Waals surface area contributed by atoms with Crippen LogP contribution in [-0.4, -0.2) is 13.7 Å². The van der Waals surface area contributed by atoms with Gasteiger partial charge >= 0.3 is 0 Å². The Labute approximate surface area is 86.4 Å². The van der Waals surface area contributed by atoms with Crippen LogP contribution in [0, 0.1) is 0 Å². The lowest BCUT2D eigenvalue weighted by Crippen LogP contribution is -1.87. The quantitative estimate of drug-likeness (QED) is 0.628. The van der Waals surface area contributed by atoms with Crippen molar-refractivity contribution in [1.82, 2.24) is 0 Å². The van der Waals surface area contributed by atoms with Crippen molar-refractivity contribution in [2.75, 3.05) is 13.7 Å². The number of hydrogen-bond donors (Lipinski definition) is 0. The van der Waals surface area contributed by atoms with E-state index in [2.05, 4.69) is 6.08 Å². The molecule has 1 aliphatic heterocycles. The van der Waals surface area contributed by atoms with Gasteiger partial charge in [-0.05, 0) is 18.6 Å². The van der Waals surface area contributed by atoms with Gasteiger partial charge in [0.1, 0.15) is 0 Å². The van der Waals surface area contributed by atoms with E-state index in [1.165, 1.54) is 0 Å². The van der Waals surface area contributed by atoms with Crippen LogP contribution in [0.5, 0.6) is 0 Å². The molecule has 14 heavy (non-hydrogen) atoms. The molecule has 0 N–H and O–H groups in total. The summed E-state index contributed by atoms with van der Waals surface area (Å²) in [5, 5.41) is 0. The van der Waals surface area contributed by atoms with Gasteiger partial charge in [0.2, 0.25) is 9.03 Å². The Bertz CT molecular complexity index is 226. The largest absolute Gasteiger partial charge is 0.501 e. The second kappa shape index (κ2) is 7.60. The van der Waals surface area contributed by atoms with Gasteiger partial charge in [0.05, 0.1) is 25.7 Å². The predicted molar refractivity (Wildman–Crippen MR) is 58.0 cm³/mol. The molecular weight excluding hydrogens is 199 g/mol. The third-order valence-electron chi connectivity index (χ3n) is 1.69. The van der Waals surface area contributed by atoms with Crippen molar-refractivity contribution in [3.63, 3.8) is 0 Å². The zero-order chi connectivity index (χ0) is 10.1. The van der Waals surface area contributed by atoms with Gasteiger partial charge in [-0.15, -0.1) is 0 Å². The van der Waals surface area contributed by atoms with E-state index in [9.17, 15) is 0 Å². The van der Waals surface area contributed by atoms with Gasteiger partial charge in [0.15, 0.2) is 0 Å². The first kappa shape index (κ1) is 11.3. The van der Waals surface area contributed by atoms with E-state index in [-0.39, 0.29) is 9.03 Å². The van der Waals surface area contributed by atoms with Crippen molar-refractivity contribution in [3.8, 4) is 0 Å². The number of methoxy groups -OCH3 is 1. The first-order valence-electron chi connectivity index (χ1n) is 4.50. The summed E-state index contributed by atoms with van der Waals surface area (Å²) >= 11 is 0. The number of hydrogen-bond acceptors (Lipinski definition) is 3. The standard InChI is InChI=1S/C7H10O.C3H5O2P/c1-8-7-5-3-2-4-6-7;1-2-4-6-5-3-1/h2-3,5H,4,6H2,1H3;1-2,6H,3H2. The molecule has 0 spiro atoms. The van der Waals surface area contributed by atoms with E-state index in [0.717, 1.165) is 18.6 Å². The van der Waals surface area contributed by atoms with Crippen LogP contribution in [0.15, 0.2) is 36.3 Å². The molecule has 1 atom stereocenters. The molecule has 0 fully saturated rings. The molecule has 1 aliphatic carbocycles. The summed E-state index contributed by atoms with van der Waals surface area (Å²) in [4.78, 5) is 0. The molecule has 0 bridgehead atoms. The highest BCUT2D eigenvalue weighted by atomic mass is 31.1. The molecule has 1 heterocycles. The Morgan fingerprint density at radius 3 is 2.64 bits per heavy atom. The van der Waals surface area contributed by atoms with Gasteiger partial charge in [-0.2, -0.15) is 0 Å². The Hall–Kier alpha value is -0.790. The van der Waals surface area contributed by atoms with E-state index in [1.807, 2.05) is 18.2 Å². The highest BCUT2D eigenvalue weighted by molar-refractivity contribution is 7.26. The average molecular weight is 214 g/mol. The van der Waals surface area contributed by atoms with Crippen molar-refractivity contribution in [2.45, 2.75) is 12.8 Å². The summed E-state index contributed by atoms with van der Waals surface area (Å²) in [5.41, 5.74) is 0. The molecule has 0 aromatic rings. The summed E-state index contributed by atoms with van der Waals surface area (Å²) in [6.45, 7) is 0.707. The van der Waals surface area contributed by atoms with Crippen molar-refractivity contribution >= 4 is 9.03 Å². The lowest BCUT2D eigenvalue weighted by molar-refractivity contribution is 0.276. The fourth-order valence-corrected chi connectivity index (χ4v) is 1.37. The van der Waals surface area contributed by atoms with E-state index < -0.39 is 0 Å². The molecule has 3 nitrogen and oxygen atoms in total. The lowest BCUT2D eigenvalue weighted by atomic mass is 10.2. The SMILES string of the molecule is C1=COPOC1.COC1=CC=CCC1. The molecule has 78 valence electrons. The Balaban J connectivity index is 0.000000146. The molecule has 0 radical (unpaired) electrons. The lowest BCUT2D eigenvalue weighted by Gasteiger charge is -2.05. The minimum absolute atomic E-state index is 0.215. The van der Waals surface area contributed by atoms with E-state index in [0.29, 0.717) is 6.61 Å². The van der Waals surface area contributed by atoms with Crippen LogP contribution >= 0.6 is 9.03 Å². The van der Waals surface area contributed by atoms with Crippen LogP contribution in [0.2, 0.25) is 0 Å². The maximum absolute atomic E-state index is 5.00. The summed E-state index contributed by atoms with van der Waals surface area (Å²) in [7, 11) is 1.93. The molecule has 0 amide bonds. The first-order chi connectivity index (χ1) is 6.93. The van der Waals surface area contributed by atoms with Crippen LogP contribution < -0.4 is 0 Å². The van der Waals surface area contributed by atoms with Crippen LogP contribution in [0.25, 0.3) is 0 Å². The molecule has 0 saturated heterocycles. The van der Waals surface area contributed by atoms with Crippen LogP contribution in [0.3, 0.4) is 0 Å². The van der Waals surface area contributed by atoms with Crippen molar-refractivity contribution in [3.05, 3.63) is 36.3 Å². The minimum atomic E-state index is 0.215. The molecular formula is C10H15O3P. The molecule has 4 heteroatoms. The predicted octanol–water partition coefficient (Wildman–Crippen LogP) is 2.92. The molecule has 0 aromatic heterocycles. The second-order valence-electron chi connectivity index (χ2n) is 2.69. The molecule has 2 aliphatic rings. The van der Waals surface area contributed by atoms with Gasteiger partial charge in [-0.3, -0.25) is 0 Å². The topological polar surface area (TPSA) is 27.7 Å². The zero-order valence-corrected chi connectivity index (χ0v) is 9.23. The van der Waals surface area contributed by atoms with Crippen LogP contribution in [0.1, 0.15) is 12.8 Å². The summed E-state index contributed by atoms with van der Waals surface area (Å²) in [6.07, 6.45) is 11.8. The van der Waals surface area contributed by atoms with Gasteiger partial charge in [0, 0.05) is 6.42 Å². The Morgan fingerprint density at radius 2 is 2.36 bits per heavy atom. The van der Waals surface area contributed by atoms with Crippen molar-refractivity contribution < 1.29 is 13.8 Å². The second-order valence-corrected chi connectivity index (χ2v) is 3.38. The number of rotatable bonds is 1. The molecule has 0 aromatic carbocycles. The maximum Gasteiger partial charge on any atom is 0.214 e. The van der Waals surface area contributed by atoms with Crippen LogP contribution in [-0.2, 0) is 13.8 Å². The molecule has 1 unspecified atom stereocenters.